The molecule has 31 heavy (non-hydrogen) atoms. The van der Waals surface area contributed by atoms with E-state index < -0.39 is 35.3 Å². The first-order valence-corrected chi connectivity index (χ1v) is 10.1. The van der Waals surface area contributed by atoms with Crippen molar-refractivity contribution in [3.8, 4) is 0 Å². The van der Waals surface area contributed by atoms with Gasteiger partial charge in [-0.15, -0.1) is 0 Å². The number of carbonyl (C=O) groups excluding carboxylic acids is 1. The number of hydrogen-bond acceptors (Lipinski definition) is 6. The molecule has 2 aromatic rings. The lowest BCUT2D eigenvalue weighted by Crippen LogP contribution is -2.45. The molecule has 4 rings (SSSR count). The minimum atomic E-state index is -1.09. The Morgan fingerprint density at radius 2 is 1.94 bits per heavy atom. The fourth-order valence-electron chi connectivity index (χ4n) is 3.89. The van der Waals surface area contributed by atoms with Crippen molar-refractivity contribution < 1.29 is 23.0 Å². The van der Waals surface area contributed by atoms with E-state index in [1.165, 1.54) is 6.07 Å². The zero-order valence-electron chi connectivity index (χ0n) is 16.8. The van der Waals surface area contributed by atoms with Gasteiger partial charge in [-0.25, -0.2) is 13.8 Å². The minimum absolute atomic E-state index is 0.000892. The third-order valence-electron chi connectivity index (χ3n) is 5.42. The standard InChI is InChI=1S/C22H24F2N4O3/c23-16-5-2-6-17(24)18(16)22-27-19(21(26)29)20(31-22)14-4-1-3-13(9-14)11-28-7-8-30-15(10-25)12-28/h1-6,9,15,19-20H,7-8,10-12,25H2,(H2,26,29). The highest BCUT2D eigenvalue weighted by atomic mass is 19.1. The summed E-state index contributed by atoms with van der Waals surface area (Å²) in [7, 11) is 0. The minimum Gasteiger partial charge on any atom is -0.466 e. The molecule has 4 N–H and O–H groups in total. The number of nitrogens with two attached hydrogens (primary N) is 2. The lowest BCUT2D eigenvalue weighted by molar-refractivity contribution is -0.120. The van der Waals surface area contributed by atoms with Crippen LogP contribution in [0.2, 0.25) is 0 Å². The Kier molecular flexibility index (Phi) is 6.26. The van der Waals surface area contributed by atoms with Crippen molar-refractivity contribution in [3.05, 3.63) is 70.8 Å². The number of benzene rings is 2. The second kappa shape index (κ2) is 9.09. The lowest BCUT2D eigenvalue weighted by Gasteiger charge is -2.32. The van der Waals surface area contributed by atoms with Gasteiger partial charge in [0.25, 0.3) is 0 Å². The molecular formula is C22H24F2N4O3. The van der Waals surface area contributed by atoms with Gasteiger partial charge in [0, 0.05) is 26.2 Å². The first-order valence-electron chi connectivity index (χ1n) is 10.1. The molecule has 2 heterocycles. The van der Waals surface area contributed by atoms with Crippen LogP contribution in [0.15, 0.2) is 47.5 Å². The fraction of sp³-hybridized carbons (Fsp3) is 0.364. The van der Waals surface area contributed by atoms with Gasteiger partial charge in [-0.3, -0.25) is 9.69 Å². The summed E-state index contributed by atoms with van der Waals surface area (Å²) in [5.74, 6) is -2.65. The third kappa shape index (κ3) is 4.58. The number of halogens is 2. The highest BCUT2D eigenvalue weighted by Gasteiger charge is 2.38. The molecule has 3 unspecified atom stereocenters. The van der Waals surface area contributed by atoms with E-state index in [4.69, 9.17) is 20.9 Å². The topological polar surface area (TPSA) is 103 Å². The average molecular weight is 430 g/mol. The Labute approximate surface area is 178 Å². The molecule has 1 saturated heterocycles. The van der Waals surface area contributed by atoms with Crippen LogP contribution in [-0.2, 0) is 20.8 Å². The van der Waals surface area contributed by atoms with Crippen LogP contribution in [0, 0.1) is 11.6 Å². The second-order valence-corrected chi connectivity index (χ2v) is 7.63. The molecule has 2 aliphatic rings. The zero-order chi connectivity index (χ0) is 22.0. The highest BCUT2D eigenvalue weighted by Crippen LogP contribution is 2.33. The van der Waals surface area contributed by atoms with Gasteiger partial charge in [-0.05, 0) is 23.3 Å². The smallest absolute Gasteiger partial charge is 0.246 e. The van der Waals surface area contributed by atoms with Gasteiger partial charge in [0.15, 0.2) is 12.1 Å². The van der Waals surface area contributed by atoms with Crippen molar-refractivity contribution in [2.75, 3.05) is 26.2 Å². The molecule has 0 radical (unpaired) electrons. The number of primary amides is 1. The van der Waals surface area contributed by atoms with Crippen molar-refractivity contribution in [1.29, 1.82) is 0 Å². The number of amides is 1. The molecule has 7 nitrogen and oxygen atoms in total. The molecule has 9 heteroatoms. The average Bonchev–Trinajstić information content (AvgIpc) is 3.19. The van der Waals surface area contributed by atoms with E-state index in [2.05, 4.69) is 9.89 Å². The molecular weight excluding hydrogens is 406 g/mol. The summed E-state index contributed by atoms with van der Waals surface area (Å²) in [5.41, 5.74) is 12.5. The van der Waals surface area contributed by atoms with Crippen LogP contribution in [-0.4, -0.2) is 55.1 Å². The van der Waals surface area contributed by atoms with Gasteiger partial charge < -0.3 is 20.9 Å². The monoisotopic (exact) mass is 430 g/mol. The summed E-state index contributed by atoms with van der Waals surface area (Å²) in [4.78, 5) is 18.4. The van der Waals surface area contributed by atoms with Gasteiger partial charge >= 0.3 is 0 Å². The molecule has 0 spiro atoms. The van der Waals surface area contributed by atoms with E-state index in [9.17, 15) is 13.6 Å². The summed E-state index contributed by atoms with van der Waals surface area (Å²) in [5, 5.41) is 0. The second-order valence-electron chi connectivity index (χ2n) is 7.63. The van der Waals surface area contributed by atoms with Gasteiger partial charge in [0.2, 0.25) is 11.8 Å². The van der Waals surface area contributed by atoms with E-state index in [0.29, 0.717) is 25.3 Å². The molecule has 2 aliphatic heterocycles. The van der Waals surface area contributed by atoms with Crippen molar-refractivity contribution in [2.45, 2.75) is 24.8 Å². The number of nitrogens with zero attached hydrogens (tertiary/aromatic N) is 2. The molecule has 0 saturated carbocycles. The van der Waals surface area contributed by atoms with Crippen molar-refractivity contribution in [2.24, 2.45) is 16.5 Å². The summed E-state index contributed by atoms with van der Waals surface area (Å²) >= 11 is 0. The quantitative estimate of drug-likeness (QED) is 0.723. The van der Waals surface area contributed by atoms with Gasteiger partial charge in [0.05, 0.1) is 12.7 Å². The fourth-order valence-corrected chi connectivity index (χ4v) is 3.89. The Balaban J connectivity index is 1.56. The maximum absolute atomic E-state index is 14.2. The van der Waals surface area contributed by atoms with Crippen molar-refractivity contribution >= 4 is 11.8 Å². The van der Waals surface area contributed by atoms with Crippen LogP contribution in [0.3, 0.4) is 0 Å². The molecule has 0 aromatic heterocycles. The molecule has 0 aliphatic carbocycles. The number of aliphatic imine (C=N–C) groups is 1. The van der Waals surface area contributed by atoms with E-state index in [1.807, 2.05) is 18.2 Å². The number of rotatable bonds is 6. The summed E-state index contributed by atoms with van der Waals surface area (Å²) < 4.78 is 39.8. The summed E-state index contributed by atoms with van der Waals surface area (Å²) in [6.07, 6.45) is -0.867. The molecule has 1 fully saturated rings. The lowest BCUT2D eigenvalue weighted by atomic mass is 10.00. The van der Waals surface area contributed by atoms with Crippen molar-refractivity contribution in [1.82, 2.24) is 4.90 Å². The predicted octanol–water partition coefficient (Wildman–Crippen LogP) is 1.50. The Hall–Kier alpha value is -2.88. The van der Waals surface area contributed by atoms with E-state index >= 15 is 0 Å². The Morgan fingerprint density at radius 3 is 2.65 bits per heavy atom. The highest BCUT2D eigenvalue weighted by molar-refractivity contribution is 5.99. The van der Waals surface area contributed by atoms with E-state index in [0.717, 1.165) is 30.8 Å². The third-order valence-corrected chi connectivity index (χ3v) is 5.42. The van der Waals surface area contributed by atoms with E-state index in [1.54, 1.807) is 6.07 Å². The van der Waals surface area contributed by atoms with Gasteiger partial charge in [0.1, 0.15) is 17.2 Å². The first-order chi connectivity index (χ1) is 15.0. The van der Waals surface area contributed by atoms with Crippen LogP contribution in [0.25, 0.3) is 0 Å². The maximum Gasteiger partial charge on any atom is 0.246 e. The van der Waals surface area contributed by atoms with Gasteiger partial charge in [-0.2, -0.15) is 0 Å². The van der Waals surface area contributed by atoms with E-state index in [-0.39, 0.29) is 12.0 Å². The predicted molar refractivity (Wildman–Crippen MR) is 110 cm³/mol. The largest absolute Gasteiger partial charge is 0.466 e. The van der Waals surface area contributed by atoms with Crippen LogP contribution < -0.4 is 11.5 Å². The molecule has 2 aromatic carbocycles. The zero-order valence-corrected chi connectivity index (χ0v) is 16.8. The number of ether oxygens (including phenoxy) is 2. The summed E-state index contributed by atoms with van der Waals surface area (Å²) in [6, 6.07) is 9.85. The number of morpholine rings is 1. The van der Waals surface area contributed by atoms with Crippen LogP contribution in [0.4, 0.5) is 8.78 Å². The molecule has 1 amide bonds. The summed E-state index contributed by atoms with van der Waals surface area (Å²) in [6.45, 7) is 3.24. The first kappa shape index (κ1) is 21.4. The molecule has 164 valence electrons. The van der Waals surface area contributed by atoms with Crippen LogP contribution in [0.5, 0.6) is 0 Å². The Morgan fingerprint density at radius 1 is 1.19 bits per heavy atom. The molecule has 3 atom stereocenters. The van der Waals surface area contributed by atoms with Gasteiger partial charge in [-0.1, -0.05) is 30.3 Å². The van der Waals surface area contributed by atoms with Crippen molar-refractivity contribution in [3.63, 3.8) is 0 Å². The normalized spacial score (nSPS) is 24.0. The number of hydrogen-bond donors (Lipinski definition) is 2. The van der Waals surface area contributed by atoms with Crippen LogP contribution in [0.1, 0.15) is 22.8 Å². The Bertz CT molecular complexity index is 980. The SMILES string of the molecule is NCC1CN(Cc2cccc(C3OC(c4c(F)cccc4F)=NC3C(N)=O)c2)CCO1. The molecule has 0 bridgehead atoms. The maximum atomic E-state index is 14.2. The van der Waals surface area contributed by atoms with Crippen LogP contribution >= 0.6 is 0 Å². The number of carbonyl (C=O) groups is 1.